The molecular formula is C17H22N6O2. The number of amides is 1. The summed E-state index contributed by atoms with van der Waals surface area (Å²) in [5, 5.41) is 4.08. The molecule has 132 valence electrons. The molecule has 0 N–H and O–H groups in total. The largest absolute Gasteiger partial charge is 0.374 e. The number of hydrogen-bond acceptors (Lipinski definition) is 6. The number of nitrogens with zero attached hydrogens (tertiary/aromatic N) is 6. The predicted octanol–water partition coefficient (Wildman–Crippen LogP) is 0.597. The van der Waals surface area contributed by atoms with Crippen molar-refractivity contribution < 1.29 is 9.53 Å². The topological polar surface area (TPSA) is 76.4 Å². The number of fused-ring (bicyclic) bond motifs is 1. The lowest BCUT2D eigenvalue weighted by atomic mass is 9.98. The Morgan fingerprint density at radius 2 is 2.32 bits per heavy atom. The van der Waals surface area contributed by atoms with Gasteiger partial charge in [0.2, 0.25) is 0 Å². The van der Waals surface area contributed by atoms with Gasteiger partial charge in [-0.1, -0.05) is 6.92 Å². The van der Waals surface area contributed by atoms with Crippen molar-refractivity contribution in [2.75, 3.05) is 32.8 Å². The van der Waals surface area contributed by atoms with E-state index in [0.717, 1.165) is 26.1 Å². The summed E-state index contributed by atoms with van der Waals surface area (Å²) in [6.45, 7) is 6.28. The summed E-state index contributed by atoms with van der Waals surface area (Å²) in [5.41, 5.74) is 0.620. The molecule has 4 heterocycles. The van der Waals surface area contributed by atoms with Crippen molar-refractivity contribution in [3.63, 3.8) is 0 Å². The molecule has 0 unspecified atom stereocenters. The number of ether oxygens (including phenoxy) is 1. The van der Waals surface area contributed by atoms with Crippen LogP contribution in [0.25, 0.3) is 5.82 Å². The number of carbonyl (C=O) groups excluding carboxylic acids is 1. The number of hydrogen-bond donors (Lipinski definition) is 0. The third kappa shape index (κ3) is 3.14. The minimum atomic E-state index is 0.0278. The maximum absolute atomic E-state index is 13.2. The molecule has 0 aromatic carbocycles. The molecule has 1 amide bonds. The SMILES string of the molecule is CCN1CC[C@H]2OCCN(C(=O)c3ccnc(-n4cncn4)c3)[C@H]2C1. The average molecular weight is 342 g/mol. The summed E-state index contributed by atoms with van der Waals surface area (Å²) >= 11 is 0. The summed E-state index contributed by atoms with van der Waals surface area (Å²) in [5.74, 6) is 0.618. The molecule has 2 fully saturated rings. The maximum atomic E-state index is 13.2. The van der Waals surface area contributed by atoms with Crippen LogP contribution in [0.5, 0.6) is 0 Å². The zero-order valence-electron chi connectivity index (χ0n) is 14.3. The van der Waals surface area contributed by atoms with Crippen molar-refractivity contribution in [2.24, 2.45) is 0 Å². The fourth-order valence-electron chi connectivity index (χ4n) is 3.65. The summed E-state index contributed by atoms with van der Waals surface area (Å²) in [7, 11) is 0. The van der Waals surface area contributed by atoms with E-state index in [1.54, 1.807) is 29.3 Å². The molecule has 8 nitrogen and oxygen atoms in total. The van der Waals surface area contributed by atoms with Crippen LogP contribution in [-0.4, -0.2) is 80.4 Å². The van der Waals surface area contributed by atoms with Gasteiger partial charge in [0.1, 0.15) is 12.7 Å². The van der Waals surface area contributed by atoms with Gasteiger partial charge in [0, 0.05) is 31.4 Å². The van der Waals surface area contributed by atoms with Crippen LogP contribution in [0, 0.1) is 0 Å². The minimum Gasteiger partial charge on any atom is -0.374 e. The number of morpholine rings is 1. The van der Waals surface area contributed by atoms with Crippen LogP contribution in [0.4, 0.5) is 0 Å². The van der Waals surface area contributed by atoms with Gasteiger partial charge in [-0.25, -0.2) is 14.6 Å². The van der Waals surface area contributed by atoms with Crippen molar-refractivity contribution in [3.05, 3.63) is 36.5 Å². The van der Waals surface area contributed by atoms with Crippen molar-refractivity contribution in [2.45, 2.75) is 25.5 Å². The Labute approximate surface area is 146 Å². The van der Waals surface area contributed by atoms with E-state index in [0.29, 0.717) is 24.5 Å². The van der Waals surface area contributed by atoms with E-state index in [4.69, 9.17) is 4.74 Å². The zero-order valence-corrected chi connectivity index (χ0v) is 14.3. The summed E-state index contributed by atoms with van der Waals surface area (Å²) in [4.78, 5) is 25.7. The number of likely N-dealkylation sites (tertiary alicyclic amines) is 1. The molecule has 2 atom stereocenters. The fourth-order valence-corrected chi connectivity index (χ4v) is 3.65. The Bertz CT molecular complexity index is 734. The molecule has 2 saturated heterocycles. The first-order chi connectivity index (χ1) is 12.3. The van der Waals surface area contributed by atoms with Crippen LogP contribution in [0.3, 0.4) is 0 Å². The highest BCUT2D eigenvalue weighted by molar-refractivity contribution is 5.94. The van der Waals surface area contributed by atoms with Gasteiger partial charge in [-0.3, -0.25) is 4.79 Å². The zero-order chi connectivity index (χ0) is 17.2. The molecule has 2 aliphatic rings. The van der Waals surface area contributed by atoms with Crippen LogP contribution < -0.4 is 0 Å². The molecule has 0 spiro atoms. The lowest BCUT2D eigenvalue weighted by molar-refractivity contribution is -0.0896. The van der Waals surface area contributed by atoms with E-state index < -0.39 is 0 Å². The Morgan fingerprint density at radius 1 is 1.40 bits per heavy atom. The van der Waals surface area contributed by atoms with E-state index in [2.05, 4.69) is 26.9 Å². The summed E-state index contributed by atoms with van der Waals surface area (Å²) in [6, 6.07) is 3.63. The molecule has 2 aliphatic heterocycles. The first kappa shape index (κ1) is 16.2. The number of pyridine rings is 1. The summed E-state index contributed by atoms with van der Waals surface area (Å²) < 4.78 is 7.47. The number of piperidine rings is 1. The first-order valence-corrected chi connectivity index (χ1v) is 8.72. The van der Waals surface area contributed by atoms with Crippen molar-refractivity contribution in [1.82, 2.24) is 29.5 Å². The normalized spacial score (nSPS) is 24.1. The minimum absolute atomic E-state index is 0.0278. The second-order valence-corrected chi connectivity index (χ2v) is 6.40. The smallest absolute Gasteiger partial charge is 0.254 e. The van der Waals surface area contributed by atoms with Gasteiger partial charge in [-0.2, -0.15) is 5.10 Å². The Kier molecular flexibility index (Phi) is 4.46. The Hall–Kier alpha value is -2.32. The third-order valence-electron chi connectivity index (χ3n) is 5.02. The van der Waals surface area contributed by atoms with Gasteiger partial charge in [-0.05, 0) is 25.1 Å². The van der Waals surface area contributed by atoms with Gasteiger partial charge in [0.05, 0.1) is 18.8 Å². The number of aromatic nitrogens is 4. The van der Waals surface area contributed by atoms with E-state index in [1.165, 1.54) is 6.33 Å². The molecule has 2 aromatic heterocycles. The van der Waals surface area contributed by atoms with Gasteiger partial charge >= 0.3 is 0 Å². The molecule has 0 aliphatic carbocycles. The monoisotopic (exact) mass is 342 g/mol. The third-order valence-corrected chi connectivity index (χ3v) is 5.02. The Balaban J connectivity index is 1.58. The number of carbonyl (C=O) groups is 1. The van der Waals surface area contributed by atoms with Crippen molar-refractivity contribution >= 4 is 5.91 Å². The van der Waals surface area contributed by atoms with E-state index >= 15 is 0 Å². The molecule has 2 aromatic rings. The standard InChI is InChI=1S/C17H22N6O2/c1-2-21-6-4-15-14(10-21)22(7-8-25-15)17(24)13-3-5-19-16(9-13)23-12-18-11-20-23/h3,5,9,11-12,14-15H,2,4,6-8,10H2,1H3/t14-,15+/m0/s1. The molecule has 25 heavy (non-hydrogen) atoms. The average Bonchev–Trinajstić information content (AvgIpc) is 3.21. The van der Waals surface area contributed by atoms with Crippen LogP contribution in [0.1, 0.15) is 23.7 Å². The highest BCUT2D eigenvalue weighted by Gasteiger charge is 2.39. The molecule has 0 bridgehead atoms. The quantitative estimate of drug-likeness (QED) is 0.813. The number of likely N-dealkylation sites (N-methyl/N-ethyl adjacent to an activating group) is 1. The van der Waals surface area contributed by atoms with Gasteiger partial charge in [0.25, 0.3) is 5.91 Å². The molecule has 0 saturated carbocycles. The van der Waals surface area contributed by atoms with E-state index in [1.807, 2.05) is 4.90 Å². The van der Waals surface area contributed by atoms with Gasteiger partial charge in [0.15, 0.2) is 5.82 Å². The maximum Gasteiger partial charge on any atom is 0.254 e. The second-order valence-electron chi connectivity index (χ2n) is 6.40. The van der Waals surface area contributed by atoms with E-state index in [9.17, 15) is 4.79 Å². The molecule has 0 radical (unpaired) electrons. The molecular weight excluding hydrogens is 320 g/mol. The predicted molar refractivity (Wildman–Crippen MR) is 90.4 cm³/mol. The van der Waals surface area contributed by atoms with Crippen LogP contribution in [-0.2, 0) is 4.74 Å². The fraction of sp³-hybridized carbons (Fsp3) is 0.529. The van der Waals surface area contributed by atoms with Crippen molar-refractivity contribution in [3.8, 4) is 5.82 Å². The van der Waals surface area contributed by atoms with Gasteiger partial charge in [-0.15, -0.1) is 0 Å². The van der Waals surface area contributed by atoms with E-state index in [-0.39, 0.29) is 18.1 Å². The molecule has 4 rings (SSSR count). The van der Waals surface area contributed by atoms with Crippen LogP contribution >= 0.6 is 0 Å². The second kappa shape index (κ2) is 6.89. The lowest BCUT2D eigenvalue weighted by Gasteiger charge is -2.46. The lowest BCUT2D eigenvalue weighted by Crippen LogP contribution is -2.61. The molecule has 8 heteroatoms. The van der Waals surface area contributed by atoms with Crippen LogP contribution in [0.15, 0.2) is 31.0 Å². The highest BCUT2D eigenvalue weighted by Crippen LogP contribution is 2.24. The van der Waals surface area contributed by atoms with Gasteiger partial charge < -0.3 is 14.5 Å². The Morgan fingerprint density at radius 3 is 3.12 bits per heavy atom. The first-order valence-electron chi connectivity index (χ1n) is 8.72. The highest BCUT2D eigenvalue weighted by atomic mass is 16.5. The van der Waals surface area contributed by atoms with Crippen LogP contribution in [0.2, 0.25) is 0 Å². The number of rotatable bonds is 3. The van der Waals surface area contributed by atoms with Crippen molar-refractivity contribution in [1.29, 1.82) is 0 Å². The summed E-state index contributed by atoms with van der Waals surface area (Å²) in [6.07, 6.45) is 5.77.